The summed E-state index contributed by atoms with van der Waals surface area (Å²) in [6.07, 6.45) is 2.86. The second kappa shape index (κ2) is 8.48. The van der Waals surface area contributed by atoms with Crippen LogP contribution in [-0.4, -0.2) is 25.4 Å². The highest BCUT2D eigenvalue weighted by Crippen LogP contribution is 2.27. The van der Waals surface area contributed by atoms with Crippen molar-refractivity contribution >= 4 is 27.0 Å². The van der Waals surface area contributed by atoms with Gasteiger partial charge < -0.3 is 4.42 Å². The van der Waals surface area contributed by atoms with E-state index in [0.29, 0.717) is 16.5 Å². The summed E-state index contributed by atoms with van der Waals surface area (Å²) < 4.78 is 47.8. The smallest absolute Gasteiger partial charge is 0.340 e. The molecule has 0 atom stereocenters. The lowest BCUT2D eigenvalue weighted by atomic mass is 9.98. The summed E-state index contributed by atoms with van der Waals surface area (Å²) in [5.41, 5.74) is 2.38. The Labute approximate surface area is 183 Å². The third-order valence-electron chi connectivity index (χ3n) is 5.08. The predicted octanol–water partition coefficient (Wildman–Crippen LogP) is 3.16. The molecule has 0 aliphatic rings. The maximum atomic E-state index is 14.9. The number of fused-ring (bicyclic) bond motifs is 1. The predicted molar refractivity (Wildman–Crippen MR) is 119 cm³/mol. The van der Waals surface area contributed by atoms with Crippen LogP contribution in [0.5, 0.6) is 0 Å². The minimum Gasteiger partial charge on any atom is -0.422 e. The number of anilines is 1. The van der Waals surface area contributed by atoms with Crippen molar-refractivity contribution < 1.29 is 17.2 Å². The van der Waals surface area contributed by atoms with Crippen molar-refractivity contribution in [3.8, 4) is 11.3 Å². The molecule has 0 unspecified atom stereocenters. The summed E-state index contributed by atoms with van der Waals surface area (Å²) in [6, 6.07) is 12.4. The van der Waals surface area contributed by atoms with Crippen molar-refractivity contribution in [3.63, 3.8) is 0 Å². The largest absolute Gasteiger partial charge is 0.422 e. The van der Waals surface area contributed by atoms with Crippen LogP contribution in [0.4, 0.5) is 10.2 Å². The normalized spacial score (nSPS) is 11.6. The molecular formula is C22H19FN4O4S. The van der Waals surface area contributed by atoms with E-state index in [2.05, 4.69) is 9.97 Å². The van der Waals surface area contributed by atoms with Crippen LogP contribution in [-0.2, 0) is 16.6 Å². The lowest BCUT2D eigenvalue weighted by Crippen LogP contribution is -2.27. The van der Waals surface area contributed by atoms with Gasteiger partial charge in [-0.3, -0.25) is 9.71 Å². The summed E-state index contributed by atoms with van der Waals surface area (Å²) in [6.45, 7) is 1.76. The van der Waals surface area contributed by atoms with Crippen molar-refractivity contribution in [2.75, 3.05) is 11.8 Å². The van der Waals surface area contributed by atoms with E-state index in [0.717, 1.165) is 11.3 Å². The average molecular weight is 454 g/mol. The molecule has 3 aromatic heterocycles. The number of hydrogen-bond donors (Lipinski definition) is 2. The van der Waals surface area contributed by atoms with Gasteiger partial charge in [0.25, 0.3) is 10.2 Å². The molecule has 2 N–H and O–H groups in total. The Morgan fingerprint density at radius 3 is 2.62 bits per heavy atom. The molecule has 4 rings (SSSR count). The highest BCUT2D eigenvalue weighted by atomic mass is 32.2. The van der Waals surface area contributed by atoms with Crippen molar-refractivity contribution in [1.82, 2.24) is 14.7 Å². The van der Waals surface area contributed by atoms with Crippen LogP contribution in [0.2, 0.25) is 0 Å². The van der Waals surface area contributed by atoms with Crippen LogP contribution in [0.25, 0.3) is 22.2 Å². The number of nitrogens with one attached hydrogen (secondary N) is 2. The number of rotatable bonds is 6. The van der Waals surface area contributed by atoms with Gasteiger partial charge in [0, 0.05) is 42.4 Å². The van der Waals surface area contributed by atoms with Crippen LogP contribution in [0, 0.1) is 12.7 Å². The Kier molecular flexibility index (Phi) is 5.72. The molecule has 0 aliphatic carbocycles. The number of aromatic nitrogens is 2. The van der Waals surface area contributed by atoms with Gasteiger partial charge in [0.2, 0.25) is 0 Å². The molecular weight excluding hydrogens is 435 g/mol. The fourth-order valence-corrected chi connectivity index (χ4v) is 3.85. The minimum absolute atomic E-state index is 0.0886. The van der Waals surface area contributed by atoms with Gasteiger partial charge in [-0.15, -0.1) is 0 Å². The van der Waals surface area contributed by atoms with E-state index in [9.17, 15) is 17.6 Å². The lowest BCUT2D eigenvalue weighted by molar-refractivity contribution is 0.549. The first kappa shape index (κ1) is 21.6. The Morgan fingerprint density at radius 1 is 1.09 bits per heavy atom. The lowest BCUT2D eigenvalue weighted by Gasteiger charge is -2.12. The Bertz CT molecular complexity index is 1470. The second-order valence-electron chi connectivity index (χ2n) is 7.04. The van der Waals surface area contributed by atoms with Crippen LogP contribution >= 0.6 is 0 Å². The summed E-state index contributed by atoms with van der Waals surface area (Å²) in [5, 5.41) is 0.713. The van der Waals surface area contributed by atoms with Crippen LogP contribution in [0.3, 0.4) is 0 Å². The molecule has 0 saturated carbocycles. The number of hydrogen-bond acceptors (Lipinski definition) is 6. The number of aryl methyl sites for hydroxylation is 1. The second-order valence-corrected chi connectivity index (χ2v) is 8.66. The molecule has 0 aliphatic heterocycles. The molecule has 0 bridgehead atoms. The first-order chi connectivity index (χ1) is 15.3. The number of halogens is 1. The third-order valence-corrected chi connectivity index (χ3v) is 6.08. The summed E-state index contributed by atoms with van der Waals surface area (Å²) >= 11 is 0. The molecule has 164 valence electrons. The fraction of sp³-hybridized carbons (Fsp3) is 0.136. The molecule has 0 amide bonds. The Balaban J connectivity index is 1.74. The van der Waals surface area contributed by atoms with E-state index in [1.54, 1.807) is 19.2 Å². The molecule has 0 fully saturated rings. The molecule has 32 heavy (non-hydrogen) atoms. The monoisotopic (exact) mass is 454 g/mol. The standard InChI is InChI=1S/C22H19FN4O4S/c1-13-16-7-6-14(18-5-3-4-9-25-18)12-19(16)31-22(28)17(13)11-15-8-10-26-21(20(15)23)27-32(29,30)24-2/h3-10,12,24H,11H2,1-2H3,(H,26,27). The highest BCUT2D eigenvalue weighted by molar-refractivity contribution is 7.90. The van der Waals surface area contributed by atoms with E-state index < -0.39 is 27.5 Å². The van der Waals surface area contributed by atoms with Crippen LogP contribution in [0.1, 0.15) is 16.7 Å². The van der Waals surface area contributed by atoms with Gasteiger partial charge in [-0.2, -0.15) is 8.42 Å². The first-order valence-corrected chi connectivity index (χ1v) is 11.1. The SMILES string of the molecule is CNS(=O)(=O)Nc1nccc(Cc2c(C)c3ccc(-c4ccccn4)cc3oc2=O)c1F. The number of benzene rings is 1. The molecule has 1 aromatic carbocycles. The quantitative estimate of drug-likeness (QED) is 0.433. The topological polar surface area (TPSA) is 114 Å². The molecule has 10 heteroatoms. The molecule has 4 aromatic rings. The van der Waals surface area contributed by atoms with Crippen LogP contribution in [0.15, 0.2) is 64.1 Å². The maximum Gasteiger partial charge on any atom is 0.340 e. The average Bonchev–Trinajstić information content (AvgIpc) is 2.79. The van der Waals surface area contributed by atoms with E-state index >= 15 is 0 Å². The zero-order chi connectivity index (χ0) is 22.9. The Hall–Kier alpha value is -3.63. The van der Waals surface area contributed by atoms with Gasteiger partial charge in [-0.1, -0.05) is 18.2 Å². The van der Waals surface area contributed by atoms with Gasteiger partial charge in [0.05, 0.1) is 5.69 Å². The molecule has 0 spiro atoms. The number of nitrogens with zero attached hydrogens (tertiary/aromatic N) is 2. The van der Waals surface area contributed by atoms with Gasteiger partial charge in [0.15, 0.2) is 11.6 Å². The van der Waals surface area contributed by atoms with Gasteiger partial charge in [-0.25, -0.2) is 18.9 Å². The first-order valence-electron chi connectivity index (χ1n) is 9.61. The summed E-state index contributed by atoms with van der Waals surface area (Å²) in [7, 11) is -2.76. The molecule has 0 radical (unpaired) electrons. The van der Waals surface area contributed by atoms with E-state index in [1.165, 1.54) is 19.3 Å². The Morgan fingerprint density at radius 2 is 1.91 bits per heavy atom. The maximum absolute atomic E-state index is 14.9. The van der Waals surface area contributed by atoms with Gasteiger partial charge in [-0.05, 0) is 42.3 Å². The van der Waals surface area contributed by atoms with Crippen molar-refractivity contribution in [1.29, 1.82) is 0 Å². The van der Waals surface area contributed by atoms with E-state index in [1.807, 2.05) is 39.8 Å². The summed E-state index contributed by atoms with van der Waals surface area (Å²) in [4.78, 5) is 20.8. The molecule has 8 nitrogen and oxygen atoms in total. The van der Waals surface area contributed by atoms with Gasteiger partial charge >= 0.3 is 5.63 Å². The van der Waals surface area contributed by atoms with Crippen LogP contribution < -0.4 is 15.1 Å². The third kappa shape index (κ3) is 4.23. The van der Waals surface area contributed by atoms with E-state index in [4.69, 9.17) is 4.42 Å². The summed E-state index contributed by atoms with van der Waals surface area (Å²) in [5.74, 6) is -1.32. The van der Waals surface area contributed by atoms with Crippen molar-refractivity contribution in [2.45, 2.75) is 13.3 Å². The van der Waals surface area contributed by atoms with Gasteiger partial charge in [0.1, 0.15) is 5.58 Å². The van der Waals surface area contributed by atoms with E-state index in [-0.39, 0.29) is 17.5 Å². The van der Waals surface area contributed by atoms with Crippen molar-refractivity contribution in [3.05, 3.63) is 87.8 Å². The van der Waals surface area contributed by atoms with Crippen molar-refractivity contribution in [2.24, 2.45) is 0 Å². The molecule has 0 saturated heterocycles. The zero-order valence-electron chi connectivity index (χ0n) is 17.2. The molecule has 3 heterocycles. The minimum atomic E-state index is -3.94. The fourth-order valence-electron chi connectivity index (χ4n) is 3.35. The zero-order valence-corrected chi connectivity index (χ0v) is 18.0. The number of pyridine rings is 2. The highest BCUT2D eigenvalue weighted by Gasteiger charge is 2.19.